The van der Waals surface area contributed by atoms with Crippen molar-refractivity contribution in [1.29, 1.82) is 0 Å². The topological polar surface area (TPSA) is 0 Å². The first-order valence-electron chi connectivity index (χ1n) is 13.0. The second kappa shape index (κ2) is 22.7. The van der Waals surface area contributed by atoms with E-state index in [9.17, 15) is 0 Å². The highest BCUT2D eigenvalue weighted by Gasteiger charge is 2.15. The zero-order chi connectivity index (χ0) is 21.1. The molecule has 0 unspecified atom stereocenters. The molecule has 0 atom stereocenters. The maximum absolute atomic E-state index is 2.44. The molecular weight excluding hydrogens is 411 g/mol. The van der Waals surface area contributed by atoms with Gasteiger partial charge in [-0.3, -0.25) is 0 Å². The summed E-state index contributed by atoms with van der Waals surface area (Å²) in [6, 6.07) is 0. The van der Waals surface area contributed by atoms with E-state index < -0.39 is 0 Å². The summed E-state index contributed by atoms with van der Waals surface area (Å²) < 4.78 is 2.46. The highest BCUT2D eigenvalue weighted by Crippen LogP contribution is 2.13. The predicted octanol–water partition coefficient (Wildman–Crippen LogP) is 1.43. The van der Waals surface area contributed by atoms with Crippen molar-refractivity contribution >= 4 is 0 Å². The second-order valence-corrected chi connectivity index (χ2v) is 10.7. The summed E-state index contributed by atoms with van der Waals surface area (Å²) in [5.41, 5.74) is 0. The maximum Gasteiger partial charge on any atom is 0.0782 e. The Balaban J connectivity index is -0.00000364. The minimum absolute atomic E-state index is 0. The van der Waals surface area contributed by atoms with Crippen molar-refractivity contribution < 1.29 is 33.8 Å². The van der Waals surface area contributed by atoms with Crippen LogP contribution in [0.2, 0.25) is 0 Å². The molecular formula is C26H58Cl2N2. The third-order valence-electron chi connectivity index (χ3n) is 6.51. The molecule has 0 amide bonds. The maximum atomic E-state index is 2.44. The fourth-order valence-electron chi connectivity index (χ4n) is 4.30. The minimum Gasteiger partial charge on any atom is -1.00 e. The number of nitrogens with zero attached hydrogens (tertiary/aromatic N) is 2. The summed E-state index contributed by atoms with van der Waals surface area (Å²) in [7, 11) is 9.75. The lowest BCUT2D eigenvalue weighted by Gasteiger charge is -2.31. The van der Waals surface area contributed by atoms with Crippen LogP contribution in [0.1, 0.15) is 117 Å². The van der Waals surface area contributed by atoms with E-state index in [0.29, 0.717) is 0 Å². The molecule has 0 aliphatic heterocycles. The molecule has 0 aliphatic rings. The molecule has 0 saturated carbocycles. The first-order valence-corrected chi connectivity index (χ1v) is 13.0. The monoisotopic (exact) mass is 468 g/mol. The molecule has 0 aromatic rings. The molecule has 0 rings (SSSR count). The Morgan fingerprint density at radius 1 is 0.333 bits per heavy atom. The number of hydrogen-bond acceptors (Lipinski definition) is 0. The number of hydrogen-bond donors (Lipinski definition) is 0. The van der Waals surface area contributed by atoms with Crippen LogP contribution in [0.4, 0.5) is 0 Å². The van der Waals surface area contributed by atoms with Crippen molar-refractivity contribution in [2.75, 3.05) is 54.4 Å². The summed E-state index contributed by atoms with van der Waals surface area (Å²) in [5, 5.41) is 0. The molecule has 30 heavy (non-hydrogen) atoms. The first-order chi connectivity index (χ1) is 13.3. The molecule has 2 nitrogen and oxygen atoms in total. The average Bonchev–Trinajstić information content (AvgIpc) is 2.64. The Morgan fingerprint density at radius 3 is 0.767 bits per heavy atom. The fraction of sp³-hybridized carbons (Fsp3) is 1.00. The van der Waals surface area contributed by atoms with Gasteiger partial charge in [-0.1, -0.05) is 65.2 Å². The van der Waals surface area contributed by atoms with Crippen LogP contribution >= 0.6 is 0 Å². The van der Waals surface area contributed by atoms with E-state index in [2.05, 4.69) is 42.0 Å². The van der Waals surface area contributed by atoms with Crippen LogP contribution in [0.25, 0.3) is 0 Å². The molecule has 4 heteroatoms. The van der Waals surface area contributed by atoms with Crippen molar-refractivity contribution in [3.63, 3.8) is 0 Å². The van der Waals surface area contributed by atoms with Gasteiger partial charge in [-0.2, -0.15) is 0 Å². The van der Waals surface area contributed by atoms with E-state index in [-0.39, 0.29) is 24.8 Å². The van der Waals surface area contributed by atoms with Crippen LogP contribution in [0.5, 0.6) is 0 Å². The third kappa shape index (κ3) is 24.8. The molecule has 0 aromatic heterocycles. The van der Waals surface area contributed by atoms with Crippen molar-refractivity contribution in [2.24, 2.45) is 0 Å². The Labute approximate surface area is 204 Å². The Bertz CT molecular complexity index is 301. The van der Waals surface area contributed by atoms with Gasteiger partial charge in [0.05, 0.1) is 54.4 Å². The molecule has 0 aromatic carbocycles. The SMILES string of the molecule is CCCCCCCC[N+](C)(C)CCCCCC[N+](C)(C)CCCCCCCC.[Cl-].[Cl-]. The molecule has 186 valence electrons. The molecule has 0 saturated heterocycles. The molecule has 0 radical (unpaired) electrons. The lowest BCUT2D eigenvalue weighted by molar-refractivity contribution is -0.891. The standard InChI is InChI=1S/C26H58N2.2ClH/c1-7-9-11-13-15-19-23-27(3,4)25-21-17-18-22-26-28(5,6)24-20-16-14-12-10-8-2;;/h7-26H2,1-6H3;2*1H/q+2;;/p-2. The lowest BCUT2D eigenvalue weighted by Crippen LogP contribution is -3.00. The van der Waals surface area contributed by atoms with Crippen LogP contribution in [-0.4, -0.2) is 63.3 Å². The quantitative estimate of drug-likeness (QED) is 0.176. The number of unbranched alkanes of at least 4 members (excludes halogenated alkanes) is 13. The summed E-state index contributed by atoms with van der Waals surface area (Å²) >= 11 is 0. The minimum atomic E-state index is 0. The van der Waals surface area contributed by atoms with Gasteiger partial charge in [-0.15, -0.1) is 0 Å². The molecule has 0 fully saturated rings. The third-order valence-corrected chi connectivity index (χ3v) is 6.51. The molecule has 0 aliphatic carbocycles. The summed E-state index contributed by atoms with van der Waals surface area (Å²) in [4.78, 5) is 0. The van der Waals surface area contributed by atoms with Crippen molar-refractivity contribution in [1.82, 2.24) is 0 Å². The zero-order valence-corrected chi connectivity index (χ0v) is 23.3. The van der Waals surface area contributed by atoms with Crippen LogP contribution in [-0.2, 0) is 0 Å². The smallest absolute Gasteiger partial charge is 0.0782 e. The largest absolute Gasteiger partial charge is 1.00 e. The van der Waals surface area contributed by atoms with Gasteiger partial charge in [-0.05, 0) is 51.4 Å². The van der Waals surface area contributed by atoms with Gasteiger partial charge >= 0.3 is 0 Å². The van der Waals surface area contributed by atoms with Gasteiger partial charge < -0.3 is 33.8 Å². The van der Waals surface area contributed by atoms with Gasteiger partial charge in [0.25, 0.3) is 0 Å². The average molecular weight is 470 g/mol. The van der Waals surface area contributed by atoms with E-state index in [1.165, 1.54) is 138 Å². The van der Waals surface area contributed by atoms with Crippen LogP contribution in [0, 0.1) is 0 Å². The normalized spacial score (nSPS) is 11.8. The van der Waals surface area contributed by atoms with E-state index in [0.717, 1.165) is 0 Å². The fourth-order valence-corrected chi connectivity index (χ4v) is 4.30. The summed E-state index contributed by atoms with van der Waals surface area (Å²) in [5.74, 6) is 0. The van der Waals surface area contributed by atoms with Crippen LogP contribution in [0.3, 0.4) is 0 Å². The second-order valence-electron chi connectivity index (χ2n) is 10.7. The predicted molar refractivity (Wildman–Crippen MR) is 129 cm³/mol. The van der Waals surface area contributed by atoms with Crippen molar-refractivity contribution in [2.45, 2.75) is 117 Å². The van der Waals surface area contributed by atoms with E-state index in [1.807, 2.05) is 0 Å². The lowest BCUT2D eigenvalue weighted by atomic mass is 10.1. The zero-order valence-electron chi connectivity index (χ0n) is 21.8. The van der Waals surface area contributed by atoms with Crippen molar-refractivity contribution in [3.05, 3.63) is 0 Å². The number of rotatable bonds is 21. The van der Waals surface area contributed by atoms with Gasteiger partial charge in [0.15, 0.2) is 0 Å². The van der Waals surface area contributed by atoms with E-state index in [1.54, 1.807) is 0 Å². The van der Waals surface area contributed by atoms with Crippen LogP contribution in [0.15, 0.2) is 0 Å². The first kappa shape index (κ1) is 35.1. The van der Waals surface area contributed by atoms with Crippen LogP contribution < -0.4 is 24.8 Å². The van der Waals surface area contributed by atoms with E-state index >= 15 is 0 Å². The molecule has 0 N–H and O–H groups in total. The summed E-state index contributed by atoms with van der Waals surface area (Å²) in [6.07, 6.45) is 22.7. The summed E-state index contributed by atoms with van der Waals surface area (Å²) in [6.45, 7) is 10.1. The Kier molecular flexibility index (Phi) is 26.5. The highest BCUT2D eigenvalue weighted by molar-refractivity contribution is 4.48. The van der Waals surface area contributed by atoms with Gasteiger partial charge in [0, 0.05) is 0 Å². The van der Waals surface area contributed by atoms with Gasteiger partial charge in [0.1, 0.15) is 0 Å². The van der Waals surface area contributed by atoms with E-state index in [4.69, 9.17) is 0 Å². The molecule has 0 bridgehead atoms. The van der Waals surface area contributed by atoms with Gasteiger partial charge in [0.2, 0.25) is 0 Å². The number of quaternary nitrogens is 2. The number of halogens is 2. The Morgan fingerprint density at radius 2 is 0.533 bits per heavy atom. The van der Waals surface area contributed by atoms with Gasteiger partial charge in [-0.25, -0.2) is 0 Å². The highest BCUT2D eigenvalue weighted by atomic mass is 35.5. The Hall–Kier alpha value is 0.500. The van der Waals surface area contributed by atoms with Crippen molar-refractivity contribution in [3.8, 4) is 0 Å². The molecule has 0 heterocycles. The molecule has 0 spiro atoms.